The van der Waals surface area contributed by atoms with Crippen LogP contribution < -0.4 is 10.1 Å². The highest BCUT2D eigenvalue weighted by atomic mass is 16.5. The molecule has 0 spiro atoms. The third-order valence-corrected chi connectivity index (χ3v) is 6.39. The van der Waals surface area contributed by atoms with Gasteiger partial charge < -0.3 is 15.0 Å². The van der Waals surface area contributed by atoms with Crippen molar-refractivity contribution in [2.45, 2.75) is 38.2 Å². The number of benzene rings is 1. The zero-order valence-corrected chi connectivity index (χ0v) is 17.9. The second-order valence-corrected chi connectivity index (χ2v) is 8.70. The number of piperazine rings is 1. The van der Waals surface area contributed by atoms with Crippen molar-refractivity contribution in [3.63, 3.8) is 0 Å². The maximum atomic E-state index is 12.6. The molecule has 1 atom stereocenters. The minimum Gasteiger partial charge on any atom is -0.488 e. The number of nitrogens with zero attached hydrogens (tertiary/aromatic N) is 3. The van der Waals surface area contributed by atoms with E-state index in [9.17, 15) is 9.59 Å². The van der Waals surface area contributed by atoms with Crippen LogP contribution in [0, 0.1) is 0 Å². The highest BCUT2D eigenvalue weighted by molar-refractivity contribution is 5.78. The minimum atomic E-state index is 0.0215. The lowest BCUT2D eigenvalue weighted by Crippen LogP contribution is -2.52. The summed E-state index contributed by atoms with van der Waals surface area (Å²) in [6, 6.07) is 8.05. The Hall–Kier alpha value is -2.12. The van der Waals surface area contributed by atoms with Crippen molar-refractivity contribution in [1.82, 2.24) is 20.0 Å². The summed E-state index contributed by atoms with van der Waals surface area (Å²) in [5, 5.41) is 3.02. The number of rotatable bonds is 6. The molecule has 1 aromatic rings. The van der Waals surface area contributed by atoms with Crippen LogP contribution in [0.15, 0.2) is 24.3 Å². The van der Waals surface area contributed by atoms with E-state index in [4.69, 9.17) is 4.74 Å². The summed E-state index contributed by atoms with van der Waals surface area (Å²) in [7, 11) is 0. The Labute approximate surface area is 179 Å². The summed E-state index contributed by atoms with van der Waals surface area (Å²) in [4.78, 5) is 31.4. The fourth-order valence-corrected chi connectivity index (χ4v) is 4.57. The van der Waals surface area contributed by atoms with E-state index in [1.54, 1.807) is 0 Å². The molecule has 1 aromatic carbocycles. The van der Waals surface area contributed by atoms with Gasteiger partial charge in [-0.2, -0.15) is 0 Å². The second-order valence-electron chi connectivity index (χ2n) is 8.70. The molecule has 4 rings (SSSR count). The molecule has 2 amide bonds. The van der Waals surface area contributed by atoms with Crippen molar-refractivity contribution in [2.75, 3.05) is 58.9 Å². The number of amides is 2. The van der Waals surface area contributed by atoms with E-state index in [1.165, 1.54) is 18.4 Å². The Kier molecular flexibility index (Phi) is 7.23. The maximum Gasteiger partial charge on any atom is 0.236 e. The zero-order chi connectivity index (χ0) is 20.8. The van der Waals surface area contributed by atoms with Gasteiger partial charge >= 0.3 is 0 Å². The van der Waals surface area contributed by atoms with Gasteiger partial charge in [0.2, 0.25) is 11.8 Å². The Balaban J connectivity index is 1.12. The lowest BCUT2D eigenvalue weighted by molar-refractivity contribution is -0.133. The van der Waals surface area contributed by atoms with E-state index in [-0.39, 0.29) is 17.9 Å². The van der Waals surface area contributed by atoms with Gasteiger partial charge in [-0.15, -0.1) is 0 Å². The summed E-state index contributed by atoms with van der Waals surface area (Å²) in [6.45, 7) is 6.62. The molecule has 3 heterocycles. The molecule has 3 aliphatic rings. The molecule has 7 heteroatoms. The van der Waals surface area contributed by atoms with E-state index in [0.29, 0.717) is 19.6 Å². The van der Waals surface area contributed by atoms with Crippen molar-refractivity contribution in [1.29, 1.82) is 0 Å². The number of para-hydroxylation sites is 1. The van der Waals surface area contributed by atoms with Crippen molar-refractivity contribution >= 4 is 11.8 Å². The van der Waals surface area contributed by atoms with E-state index < -0.39 is 0 Å². The highest BCUT2D eigenvalue weighted by Gasteiger charge is 2.25. The first-order valence-corrected chi connectivity index (χ1v) is 11.4. The summed E-state index contributed by atoms with van der Waals surface area (Å²) < 4.78 is 5.89. The van der Waals surface area contributed by atoms with Crippen LogP contribution in [0.4, 0.5) is 0 Å². The fraction of sp³-hybridized carbons (Fsp3) is 0.652. The van der Waals surface area contributed by atoms with Crippen molar-refractivity contribution in [2.24, 2.45) is 0 Å². The quantitative estimate of drug-likeness (QED) is 0.756. The molecule has 3 aliphatic heterocycles. The molecule has 0 aliphatic carbocycles. The molecule has 7 nitrogen and oxygen atoms in total. The van der Waals surface area contributed by atoms with E-state index in [1.807, 2.05) is 23.1 Å². The van der Waals surface area contributed by atoms with Crippen LogP contribution >= 0.6 is 0 Å². The smallest absolute Gasteiger partial charge is 0.236 e. The van der Waals surface area contributed by atoms with Crippen LogP contribution in [0.25, 0.3) is 0 Å². The maximum absolute atomic E-state index is 12.6. The first-order valence-electron chi connectivity index (χ1n) is 11.4. The number of fused-ring (bicyclic) bond motifs is 1. The lowest BCUT2D eigenvalue weighted by Gasteiger charge is -2.35. The highest BCUT2D eigenvalue weighted by Crippen LogP contribution is 2.27. The Morgan fingerprint density at radius 2 is 1.57 bits per heavy atom. The topological polar surface area (TPSA) is 65.1 Å². The van der Waals surface area contributed by atoms with Crippen LogP contribution in [0.2, 0.25) is 0 Å². The first-order chi connectivity index (χ1) is 14.7. The summed E-state index contributed by atoms with van der Waals surface area (Å²) in [5.74, 6) is 1.24. The van der Waals surface area contributed by atoms with Crippen LogP contribution in [0.5, 0.6) is 5.75 Å². The molecule has 164 valence electrons. The van der Waals surface area contributed by atoms with Gasteiger partial charge in [0.1, 0.15) is 11.9 Å². The monoisotopic (exact) mass is 414 g/mol. The Bertz CT molecular complexity index is 700. The number of nitrogens with one attached hydrogen (secondary N) is 1. The molecular formula is C23H34N4O3. The average Bonchev–Trinajstić information content (AvgIpc) is 2.97. The van der Waals surface area contributed by atoms with Crippen LogP contribution in [-0.2, 0) is 16.0 Å². The van der Waals surface area contributed by atoms with Gasteiger partial charge in [0.05, 0.1) is 19.6 Å². The van der Waals surface area contributed by atoms with Crippen molar-refractivity contribution in [3.8, 4) is 5.75 Å². The summed E-state index contributed by atoms with van der Waals surface area (Å²) >= 11 is 0. The predicted molar refractivity (Wildman–Crippen MR) is 115 cm³/mol. The number of likely N-dealkylation sites (tertiary alicyclic amines) is 1. The van der Waals surface area contributed by atoms with Gasteiger partial charge in [-0.1, -0.05) is 31.0 Å². The largest absolute Gasteiger partial charge is 0.488 e. The van der Waals surface area contributed by atoms with Gasteiger partial charge in [-0.3, -0.25) is 19.4 Å². The van der Waals surface area contributed by atoms with Crippen LogP contribution in [0.3, 0.4) is 0 Å². The average molecular weight is 415 g/mol. The molecule has 0 radical (unpaired) electrons. The Morgan fingerprint density at radius 3 is 2.27 bits per heavy atom. The van der Waals surface area contributed by atoms with E-state index >= 15 is 0 Å². The number of hydrogen-bond acceptors (Lipinski definition) is 5. The van der Waals surface area contributed by atoms with Gasteiger partial charge in [0.15, 0.2) is 0 Å². The standard InChI is InChI=1S/C23H34N4O3/c28-22(24-16-20-15-19-7-3-4-8-21(19)30-20)17-25-11-13-26(14-12-25)18-23(29)27-9-5-1-2-6-10-27/h3-4,7-8,20H,1-2,5-6,9-18H2,(H,24,28). The molecular weight excluding hydrogens is 380 g/mol. The SMILES string of the molecule is O=C(CN1CCN(CC(=O)N2CCCCCC2)CC1)NCC1Cc2ccccc2O1. The molecule has 0 aromatic heterocycles. The molecule has 2 fully saturated rings. The Morgan fingerprint density at radius 1 is 0.900 bits per heavy atom. The third kappa shape index (κ3) is 5.73. The first kappa shape index (κ1) is 21.1. The number of carbonyl (C=O) groups is 2. The molecule has 2 saturated heterocycles. The van der Waals surface area contributed by atoms with Gasteiger partial charge in [0.25, 0.3) is 0 Å². The van der Waals surface area contributed by atoms with Gasteiger partial charge in [0, 0.05) is 45.7 Å². The normalized spacial score (nSPS) is 22.8. The fourth-order valence-electron chi connectivity index (χ4n) is 4.57. The molecule has 30 heavy (non-hydrogen) atoms. The van der Waals surface area contributed by atoms with Gasteiger partial charge in [-0.05, 0) is 24.5 Å². The molecule has 0 saturated carbocycles. The van der Waals surface area contributed by atoms with Crippen molar-refractivity contribution in [3.05, 3.63) is 29.8 Å². The minimum absolute atomic E-state index is 0.0215. The summed E-state index contributed by atoms with van der Waals surface area (Å²) in [6.07, 6.45) is 5.61. The number of hydrogen-bond donors (Lipinski definition) is 1. The van der Waals surface area contributed by atoms with Crippen LogP contribution in [-0.4, -0.2) is 91.5 Å². The van der Waals surface area contributed by atoms with Crippen molar-refractivity contribution < 1.29 is 14.3 Å². The predicted octanol–water partition coefficient (Wildman–Crippen LogP) is 1.13. The number of carbonyl (C=O) groups excluding carboxylic acids is 2. The number of ether oxygens (including phenoxy) is 1. The zero-order valence-electron chi connectivity index (χ0n) is 17.9. The summed E-state index contributed by atoms with van der Waals surface area (Å²) in [5.41, 5.74) is 1.21. The van der Waals surface area contributed by atoms with Gasteiger partial charge in [-0.25, -0.2) is 0 Å². The molecule has 0 bridgehead atoms. The van der Waals surface area contributed by atoms with E-state index in [0.717, 1.165) is 64.3 Å². The van der Waals surface area contributed by atoms with E-state index in [2.05, 4.69) is 21.2 Å². The molecule has 1 unspecified atom stereocenters. The lowest BCUT2D eigenvalue weighted by atomic mass is 10.1. The van der Waals surface area contributed by atoms with Crippen LogP contribution in [0.1, 0.15) is 31.2 Å². The second kappa shape index (κ2) is 10.3. The third-order valence-electron chi connectivity index (χ3n) is 6.39. The molecule has 1 N–H and O–H groups in total.